The van der Waals surface area contributed by atoms with Crippen LogP contribution in [0.4, 0.5) is 5.69 Å². The monoisotopic (exact) mass is 339 g/mol. The zero-order valence-corrected chi connectivity index (χ0v) is 12.0. The second-order valence-corrected chi connectivity index (χ2v) is 4.89. The van der Waals surface area contributed by atoms with Gasteiger partial charge in [0.25, 0.3) is 11.6 Å². The van der Waals surface area contributed by atoms with Crippen LogP contribution in [-0.2, 0) is 6.54 Å². The summed E-state index contributed by atoms with van der Waals surface area (Å²) in [4.78, 5) is 22.1. The number of nitro groups is 1. The number of carbonyl (C=O) groups is 1. The number of nitrogens with zero attached hydrogens (tertiary/aromatic N) is 2. The van der Waals surface area contributed by atoms with Gasteiger partial charge < -0.3 is 9.84 Å². The van der Waals surface area contributed by atoms with E-state index in [1.807, 2.05) is 0 Å². The van der Waals surface area contributed by atoms with E-state index in [1.54, 1.807) is 13.0 Å². The SMILES string of the molecule is Cc1cc(CNC(=O)c2ccc(Br)c([N+](=O)[O-])c2)no1. The molecule has 0 unspecified atom stereocenters. The minimum absolute atomic E-state index is 0.157. The van der Waals surface area contributed by atoms with E-state index in [2.05, 4.69) is 26.4 Å². The molecule has 1 aromatic carbocycles. The van der Waals surface area contributed by atoms with Crippen LogP contribution in [0, 0.1) is 17.0 Å². The first-order chi connectivity index (χ1) is 9.47. The van der Waals surface area contributed by atoms with Gasteiger partial charge in [0.2, 0.25) is 0 Å². The van der Waals surface area contributed by atoms with Crippen LogP contribution in [0.25, 0.3) is 0 Å². The Labute approximate surface area is 122 Å². The Balaban J connectivity index is 2.09. The van der Waals surface area contributed by atoms with E-state index in [0.29, 0.717) is 15.9 Å². The summed E-state index contributed by atoms with van der Waals surface area (Å²) in [5, 5.41) is 17.2. The number of halogens is 1. The van der Waals surface area contributed by atoms with Crippen LogP contribution in [0.15, 0.2) is 33.3 Å². The average molecular weight is 340 g/mol. The van der Waals surface area contributed by atoms with Crippen molar-refractivity contribution >= 4 is 27.5 Å². The second kappa shape index (κ2) is 5.83. The van der Waals surface area contributed by atoms with Crippen molar-refractivity contribution in [3.63, 3.8) is 0 Å². The lowest BCUT2D eigenvalue weighted by Crippen LogP contribution is -2.23. The van der Waals surface area contributed by atoms with E-state index in [1.165, 1.54) is 18.2 Å². The summed E-state index contributed by atoms with van der Waals surface area (Å²) in [7, 11) is 0. The van der Waals surface area contributed by atoms with Crippen molar-refractivity contribution in [3.8, 4) is 0 Å². The number of rotatable bonds is 4. The lowest BCUT2D eigenvalue weighted by molar-refractivity contribution is -0.385. The fourth-order valence-electron chi connectivity index (χ4n) is 1.57. The van der Waals surface area contributed by atoms with Crippen molar-refractivity contribution in [2.75, 3.05) is 0 Å². The van der Waals surface area contributed by atoms with Crippen LogP contribution >= 0.6 is 15.9 Å². The number of nitro benzene ring substituents is 1. The molecule has 1 amide bonds. The molecule has 2 aromatic rings. The first-order valence-corrected chi connectivity index (χ1v) is 6.41. The molecule has 0 aliphatic heterocycles. The molecule has 1 N–H and O–H groups in total. The Kier molecular flexibility index (Phi) is 4.14. The highest BCUT2D eigenvalue weighted by molar-refractivity contribution is 9.10. The van der Waals surface area contributed by atoms with Gasteiger partial charge in [0.15, 0.2) is 0 Å². The van der Waals surface area contributed by atoms with Gasteiger partial charge >= 0.3 is 0 Å². The Morgan fingerprint density at radius 1 is 1.50 bits per heavy atom. The van der Waals surface area contributed by atoms with Crippen molar-refractivity contribution in [1.29, 1.82) is 0 Å². The Morgan fingerprint density at radius 2 is 2.25 bits per heavy atom. The van der Waals surface area contributed by atoms with Gasteiger partial charge in [0, 0.05) is 17.7 Å². The summed E-state index contributed by atoms with van der Waals surface area (Å²) in [5.74, 6) is 0.231. The Bertz CT molecular complexity index is 668. The number of benzene rings is 1. The molecule has 20 heavy (non-hydrogen) atoms. The smallest absolute Gasteiger partial charge is 0.284 e. The van der Waals surface area contributed by atoms with Crippen molar-refractivity contribution in [1.82, 2.24) is 10.5 Å². The highest BCUT2D eigenvalue weighted by Crippen LogP contribution is 2.25. The predicted octanol–water partition coefficient (Wildman–Crippen LogP) is 2.58. The molecule has 0 saturated carbocycles. The van der Waals surface area contributed by atoms with Gasteiger partial charge in [0.1, 0.15) is 11.5 Å². The lowest BCUT2D eigenvalue weighted by Gasteiger charge is -2.03. The molecular weight excluding hydrogens is 330 g/mol. The number of carbonyl (C=O) groups excluding carboxylic acids is 1. The Morgan fingerprint density at radius 3 is 2.85 bits per heavy atom. The summed E-state index contributed by atoms with van der Waals surface area (Å²) in [6.45, 7) is 1.94. The van der Waals surface area contributed by atoms with E-state index in [0.717, 1.165) is 0 Å². The van der Waals surface area contributed by atoms with E-state index in [-0.39, 0.29) is 17.8 Å². The van der Waals surface area contributed by atoms with Gasteiger partial charge in [-0.2, -0.15) is 0 Å². The fraction of sp³-hybridized carbons (Fsp3) is 0.167. The summed E-state index contributed by atoms with van der Waals surface area (Å²) in [6.07, 6.45) is 0. The van der Waals surface area contributed by atoms with Gasteiger partial charge in [-0.25, -0.2) is 0 Å². The van der Waals surface area contributed by atoms with Crippen LogP contribution in [0.5, 0.6) is 0 Å². The molecule has 8 heteroatoms. The van der Waals surface area contributed by atoms with Crippen molar-refractivity contribution in [2.24, 2.45) is 0 Å². The number of aryl methyl sites for hydroxylation is 1. The molecule has 0 aliphatic carbocycles. The molecule has 104 valence electrons. The van der Waals surface area contributed by atoms with Gasteiger partial charge in [-0.05, 0) is 35.0 Å². The number of aromatic nitrogens is 1. The third-order valence-corrected chi connectivity index (χ3v) is 3.18. The number of amides is 1. The molecule has 0 radical (unpaired) electrons. The van der Waals surface area contributed by atoms with Gasteiger partial charge in [-0.3, -0.25) is 14.9 Å². The van der Waals surface area contributed by atoms with Crippen molar-refractivity contribution in [2.45, 2.75) is 13.5 Å². The molecule has 0 bridgehead atoms. The van der Waals surface area contributed by atoms with E-state index >= 15 is 0 Å². The van der Waals surface area contributed by atoms with E-state index in [4.69, 9.17) is 4.52 Å². The average Bonchev–Trinajstić information content (AvgIpc) is 2.82. The van der Waals surface area contributed by atoms with Crippen molar-refractivity contribution in [3.05, 3.63) is 55.9 Å². The second-order valence-electron chi connectivity index (χ2n) is 4.03. The first kappa shape index (κ1) is 14.2. The lowest BCUT2D eigenvalue weighted by atomic mass is 10.2. The molecular formula is C12H10BrN3O4. The molecule has 0 atom stereocenters. The normalized spacial score (nSPS) is 10.3. The highest BCUT2D eigenvalue weighted by atomic mass is 79.9. The third-order valence-electron chi connectivity index (χ3n) is 2.51. The zero-order valence-electron chi connectivity index (χ0n) is 10.4. The molecule has 1 heterocycles. The Hall–Kier alpha value is -2.22. The summed E-state index contributed by atoms with van der Waals surface area (Å²) < 4.78 is 5.20. The summed E-state index contributed by atoms with van der Waals surface area (Å²) in [6, 6.07) is 5.88. The number of nitrogens with one attached hydrogen (secondary N) is 1. The van der Waals surface area contributed by atoms with Crippen LogP contribution in [-0.4, -0.2) is 16.0 Å². The fourth-order valence-corrected chi connectivity index (χ4v) is 1.96. The molecule has 0 aliphatic rings. The molecule has 0 fully saturated rings. The molecule has 1 aromatic heterocycles. The largest absolute Gasteiger partial charge is 0.361 e. The molecule has 7 nitrogen and oxygen atoms in total. The van der Waals surface area contributed by atoms with Crippen LogP contribution in [0.3, 0.4) is 0 Å². The molecule has 2 rings (SSSR count). The summed E-state index contributed by atoms with van der Waals surface area (Å²) >= 11 is 3.06. The minimum Gasteiger partial charge on any atom is -0.361 e. The first-order valence-electron chi connectivity index (χ1n) is 5.61. The zero-order chi connectivity index (χ0) is 14.7. The van der Waals surface area contributed by atoms with E-state index < -0.39 is 10.8 Å². The quantitative estimate of drug-likeness (QED) is 0.681. The third kappa shape index (κ3) is 3.21. The highest BCUT2D eigenvalue weighted by Gasteiger charge is 2.16. The number of hydrogen-bond acceptors (Lipinski definition) is 5. The molecule has 0 spiro atoms. The maximum atomic E-state index is 11.9. The van der Waals surface area contributed by atoms with Gasteiger partial charge in [-0.1, -0.05) is 5.16 Å². The van der Waals surface area contributed by atoms with Crippen LogP contribution in [0.2, 0.25) is 0 Å². The maximum absolute atomic E-state index is 11.9. The topological polar surface area (TPSA) is 98.3 Å². The predicted molar refractivity (Wildman–Crippen MR) is 73.2 cm³/mol. The minimum atomic E-state index is -0.554. The van der Waals surface area contributed by atoms with Crippen molar-refractivity contribution < 1.29 is 14.2 Å². The number of hydrogen-bond donors (Lipinski definition) is 1. The van der Waals surface area contributed by atoms with Gasteiger partial charge in [0.05, 0.1) is 15.9 Å². The van der Waals surface area contributed by atoms with Gasteiger partial charge in [-0.15, -0.1) is 0 Å². The van der Waals surface area contributed by atoms with E-state index in [9.17, 15) is 14.9 Å². The summed E-state index contributed by atoms with van der Waals surface area (Å²) in [5.41, 5.74) is 0.637. The van der Waals surface area contributed by atoms with Crippen LogP contribution < -0.4 is 5.32 Å². The standard InChI is InChI=1S/C12H10BrN3O4/c1-7-4-9(15-20-7)6-14-12(17)8-2-3-10(13)11(5-8)16(18)19/h2-5H,6H2,1H3,(H,14,17). The molecule has 0 saturated heterocycles. The maximum Gasteiger partial charge on any atom is 0.284 e. The van der Waals surface area contributed by atoms with Crippen LogP contribution in [0.1, 0.15) is 21.8 Å².